The smallest absolute Gasteiger partial charge is 0.0552 e. The molecule has 0 aliphatic rings. The molecule has 0 spiro atoms. The van der Waals surface area contributed by atoms with Crippen LogP contribution in [0.25, 0.3) is 28.1 Å². The Morgan fingerprint density at radius 3 is 2.27 bits per heavy atom. The Kier molecular flexibility index (Phi) is 7.12. The van der Waals surface area contributed by atoms with Crippen molar-refractivity contribution in [1.82, 2.24) is 19.5 Å². The summed E-state index contributed by atoms with van der Waals surface area (Å²) in [6.07, 6.45) is 6.24. The van der Waals surface area contributed by atoms with Crippen LogP contribution in [0.15, 0.2) is 85.2 Å². The molecular formula is C23H14F2IrN4-2. The second kappa shape index (κ2) is 9.96. The molecule has 1 radical (unpaired) electrons. The predicted molar refractivity (Wildman–Crippen MR) is 106 cm³/mol. The molecule has 4 nitrogen and oxygen atoms in total. The normalized spacial score (nSPS) is 10.1. The molecular weight excluding hydrogens is 562 g/mol. The van der Waals surface area contributed by atoms with E-state index in [9.17, 15) is 8.78 Å². The average Bonchev–Trinajstić information content (AvgIpc) is 3.20. The third-order valence-corrected chi connectivity index (χ3v) is 4.05. The number of aromatic nitrogens is 4. The van der Waals surface area contributed by atoms with Crippen molar-refractivity contribution >= 4 is 11.0 Å². The largest absolute Gasteiger partial charge is 0.411 e. The van der Waals surface area contributed by atoms with Crippen LogP contribution in [-0.2, 0) is 20.1 Å². The molecule has 5 rings (SSSR count). The minimum absolute atomic E-state index is 0. The second-order valence-electron chi connectivity index (χ2n) is 5.98. The summed E-state index contributed by atoms with van der Waals surface area (Å²) in [5.74, 6) is -0.447. The summed E-state index contributed by atoms with van der Waals surface area (Å²) in [4.78, 5) is 12.4. The molecule has 0 bridgehead atoms. The van der Waals surface area contributed by atoms with Crippen molar-refractivity contribution in [2.24, 2.45) is 0 Å². The third kappa shape index (κ3) is 4.82. The summed E-state index contributed by atoms with van der Waals surface area (Å²) in [7, 11) is 0. The fourth-order valence-corrected chi connectivity index (χ4v) is 2.72. The molecule has 30 heavy (non-hydrogen) atoms. The van der Waals surface area contributed by atoms with Gasteiger partial charge in [-0.3, -0.25) is 13.8 Å². The summed E-state index contributed by atoms with van der Waals surface area (Å²) in [6.45, 7) is 0. The standard InChI is InChI=1S/C12H8N3.C11H6F2N.Ir/c1-2-6-11-10(5-1)14-9-15(11)12-7-3-4-8-13-12;12-8-4-5-9(10(13)7-8)11-3-1-2-6-14-11;/h1-8H;1-4,6-7H;/q2*-1;. The first kappa shape index (κ1) is 21.4. The number of hydrogen-bond acceptors (Lipinski definition) is 3. The molecule has 5 aromatic rings. The number of para-hydroxylation sites is 2. The van der Waals surface area contributed by atoms with E-state index in [-0.39, 0.29) is 25.7 Å². The molecule has 0 aliphatic carbocycles. The van der Waals surface area contributed by atoms with Crippen LogP contribution in [0.4, 0.5) is 8.78 Å². The maximum absolute atomic E-state index is 13.2. The van der Waals surface area contributed by atoms with Gasteiger partial charge in [0.2, 0.25) is 0 Å². The summed E-state index contributed by atoms with van der Waals surface area (Å²) in [5.41, 5.74) is 2.59. The van der Waals surface area contributed by atoms with Crippen molar-refractivity contribution < 1.29 is 28.9 Å². The van der Waals surface area contributed by atoms with Crippen molar-refractivity contribution in [1.29, 1.82) is 0 Å². The minimum atomic E-state index is -0.649. The number of imidazole rings is 1. The fourth-order valence-electron chi connectivity index (χ4n) is 2.72. The van der Waals surface area contributed by atoms with Gasteiger partial charge in [0.1, 0.15) is 0 Å². The molecule has 7 heteroatoms. The average molecular weight is 577 g/mol. The van der Waals surface area contributed by atoms with Gasteiger partial charge in [-0.25, -0.2) is 0 Å². The monoisotopic (exact) mass is 577 g/mol. The molecule has 0 saturated carbocycles. The Labute approximate surface area is 185 Å². The van der Waals surface area contributed by atoms with Gasteiger partial charge in [0.15, 0.2) is 0 Å². The number of pyridine rings is 2. The van der Waals surface area contributed by atoms with Gasteiger partial charge in [-0.15, -0.1) is 12.1 Å². The first-order valence-corrected chi connectivity index (χ1v) is 8.77. The van der Waals surface area contributed by atoms with Crippen molar-refractivity contribution in [3.8, 4) is 17.1 Å². The first-order chi connectivity index (χ1) is 14.2. The van der Waals surface area contributed by atoms with Crippen LogP contribution in [0.3, 0.4) is 0 Å². The molecule has 3 aromatic heterocycles. The molecule has 0 N–H and O–H groups in total. The van der Waals surface area contributed by atoms with E-state index in [0.717, 1.165) is 29.0 Å². The van der Waals surface area contributed by atoms with Crippen LogP contribution in [-0.4, -0.2) is 19.5 Å². The topological polar surface area (TPSA) is 43.6 Å². The Morgan fingerprint density at radius 2 is 1.57 bits per heavy atom. The first-order valence-electron chi connectivity index (χ1n) is 8.77. The molecule has 3 heterocycles. The van der Waals surface area contributed by atoms with E-state index in [2.05, 4.69) is 27.3 Å². The van der Waals surface area contributed by atoms with Gasteiger partial charge in [-0.1, -0.05) is 65.7 Å². The number of rotatable bonds is 2. The Bertz CT molecular complexity index is 1230. The van der Waals surface area contributed by atoms with Gasteiger partial charge in [0, 0.05) is 50.5 Å². The Hall–Kier alpha value is -3.28. The van der Waals surface area contributed by atoms with Crippen LogP contribution in [0.5, 0.6) is 0 Å². The Balaban J connectivity index is 0.000000166. The summed E-state index contributed by atoms with van der Waals surface area (Å²) in [6, 6.07) is 23.2. The fraction of sp³-hybridized carbons (Fsp3) is 0. The number of fused-ring (bicyclic) bond motifs is 1. The Morgan fingerprint density at radius 1 is 0.833 bits per heavy atom. The maximum Gasteiger partial charge on any atom is 0.0552 e. The quantitative estimate of drug-likeness (QED) is 0.277. The zero-order chi connectivity index (χ0) is 20.1. The van der Waals surface area contributed by atoms with E-state index in [1.54, 1.807) is 30.6 Å². The van der Waals surface area contributed by atoms with Gasteiger partial charge in [0.05, 0.1) is 5.82 Å². The van der Waals surface area contributed by atoms with E-state index in [1.807, 2.05) is 47.0 Å². The molecule has 151 valence electrons. The van der Waals surface area contributed by atoms with Crippen LogP contribution < -0.4 is 0 Å². The van der Waals surface area contributed by atoms with Crippen molar-refractivity contribution in [2.45, 2.75) is 0 Å². The second-order valence-corrected chi connectivity index (χ2v) is 5.98. The van der Waals surface area contributed by atoms with Gasteiger partial charge >= 0.3 is 0 Å². The molecule has 0 aliphatic heterocycles. The molecule has 0 unspecified atom stereocenters. The van der Waals surface area contributed by atoms with Gasteiger partial charge < -0.3 is 14.5 Å². The number of halogens is 2. The SMILES string of the molecule is Fc1c[c-]c(-c2ccccn2)c(F)c1.[Ir].[c-]1nc2ccccc2n1-c1ccccn1. The van der Waals surface area contributed by atoms with E-state index in [0.29, 0.717) is 5.69 Å². The van der Waals surface area contributed by atoms with Crippen LogP contribution >= 0.6 is 0 Å². The molecule has 0 saturated heterocycles. The van der Waals surface area contributed by atoms with Crippen LogP contribution in [0, 0.1) is 24.0 Å². The molecule has 2 aromatic carbocycles. The zero-order valence-electron chi connectivity index (χ0n) is 15.5. The maximum atomic E-state index is 13.2. The van der Waals surface area contributed by atoms with Crippen molar-refractivity contribution in [3.63, 3.8) is 0 Å². The predicted octanol–water partition coefficient (Wildman–Crippen LogP) is 5.05. The van der Waals surface area contributed by atoms with E-state index in [4.69, 9.17) is 0 Å². The number of nitrogens with zero attached hydrogens (tertiary/aromatic N) is 4. The van der Waals surface area contributed by atoms with E-state index in [1.165, 1.54) is 0 Å². The summed E-state index contributed by atoms with van der Waals surface area (Å²) < 4.78 is 27.7. The van der Waals surface area contributed by atoms with Gasteiger partial charge in [-0.2, -0.15) is 0 Å². The van der Waals surface area contributed by atoms with Crippen molar-refractivity contribution in [2.75, 3.05) is 0 Å². The minimum Gasteiger partial charge on any atom is -0.411 e. The van der Waals surface area contributed by atoms with E-state index >= 15 is 0 Å². The molecule has 0 fully saturated rings. The summed E-state index contributed by atoms with van der Waals surface area (Å²) in [5, 5.41) is 0. The van der Waals surface area contributed by atoms with Crippen molar-refractivity contribution in [3.05, 3.63) is 109 Å². The van der Waals surface area contributed by atoms with Crippen LogP contribution in [0.2, 0.25) is 0 Å². The molecule has 0 amide bonds. The van der Waals surface area contributed by atoms with E-state index < -0.39 is 11.6 Å². The number of benzene rings is 2. The third-order valence-electron chi connectivity index (χ3n) is 4.05. The number of hydrogen-bond donors (Lipinski definition) is 0. The van der Waals surface area contributed by atoms with Gasteiger partial charge in [-0.05, 0) is 23.3 Å². The van der Waals surface area contributed by atoms with Gasteiger partial charge in [0.25, 0.3) is 0 Å². The zero-order valence-corrected chi connectivity index (χ0v) is 17.9. The summed E-state index contributed by atoms with van der Waals surface area (Å²) >= 11 is 0. The van der Waals surface area contributed by atoms with Crippen LogP contribution in [0.1, 0.15) is 0 Å². The molecule has 0 atom stereocenters.